The summed E-state index contributed by atoms with van der Waals surface area (Å²) in [7, 11) is 0. The number of nitrogens with zero attached hydrogens (tertiary/aromatic N) is 2. The highest BCUT2D eigenvalue weighted by Gasteiger charge is 2.17. The lowest BCUT2D eigenvalue weighted by Crippen LogP contribution is -2.26. The molecule has 0 spiro atoms. The van der Waals surface area contributed by atoms with Crippen LogP contribution < -0.4 is 5.32 Å². The van der Waals surface area contributed by atoms with Gasteiger partial charge >= 0.3 is 0 Å². The van der Waals surface area contributed by atoms with Crippen LogP contribution in [0.2, 0.25) is 5.02 Å². The van der Waals surface area contributed by atoms with Gasteiger partial charge in [0.2, 0.25) is 0 Å². The maximum Gasteiger partial charge on any atom is 0.273 e. The second kappa shape index (κ2) is 6.62. The minimum Gasteiger partial charge on any atom is -0.355 e. The van der Waals surface area contributed by atoms with E-state index in [2.05, 4.69) is 15.5 Å². The normalized spacial score (nSPS) is 11.9. The summed E-state index contributed by atoms with van der Waals surface area (Å²) in [5, 5.41) is 7.22. The fourth-order valence-corrected chi connectivity index (χ4v) is 2.39. The molecular formula is C17H14ClN3O2. The van der Waals surface area contributed by atoms with E-state index in [-0.39, 0.29) is 17.6 Å². The molecule has 1 atom stereocenters. The van der Waals surface area contributed by atoms with Crippen molar-refractivity contribution >= 4 is 17.5 Å². The zero-order chi connectivity index (χ0) is 16.2. The second-order valence-corrected chi connectivity index (χ2v) is 5.44. The number of hydrogen-bond acceptors (Lipinski definition) is 4. The first-order chi connectivity index (χ1) is 11.1. The average molecular weight is 328 g/mol. The van der Waals surface area contributed by atoms with Crippen LogP contribution in [0.4, 0.5) is 0 Å². The summed E-state index contributed by atoms with van der Waals surface area (Å²) in [6.45, 7) is 1.88. The molecule has 3 aromatic rings. The molecule has 0 aliphatic carbocycles. The molecule has 23 heavy (non-hydrogen) atoms. The van der Waals surface area contributed by atoms with Gasteiger partial charge in [-0.25, -0.2) is 0 Å². The zero-order valence-electron chi connectivity index (χ0n) is 12.4. The van der Waals surface area contributed by atoms with Crippen LogP contribution in [0.1, 0.15) is 29.0 Å². The summed E-state index contributed by atoms with van der Waals surface area (Å²) in [5.41, 5.74) is 1.81. The van der Waals surface area contributed by atoms with Crippen LogP contribution in [0, 0.1) is 0 Å². The Balaban J connectivity index is 1.75. The number of pyridine rings is 1. The Morgan fingerprint density at radius 2 is 2.09 bits per heavy atom. The summed E-state index contributed by atoms with van der Waals surface area (Å²) < 4.78 is 5.23. The number of amides is 1. The van der Waals surface area contributed by atoms with Crippen molar-refractivity contribution in [3.63, 3.8) is 0 Å². The van der Waals surface area contributed by atoms with Crippen LogP contribution in [0.25, 0.3) is 11.3 Å². The number of benzene rings is 1. The zero-order valence-corrected chi connectivity index (χ0v) is 13.1. The molecule has 1 amide bonds. The largest absolute Gasteiger partial charge is 0.355 e. The van der Waals surface area contributed by atoms with Crippen molar-refractivity contribution < 1.29 is 9.32 Å². The van der Waals surface area contributed by atoms with Crippen molar-refractivity contribution in [1.29, 1.82) is 0 Å². The molecule has 1 N–H and O–H groups in total. The van der Waals surface area contributed by atoms with Crippen molar-refractivity contribution in [2.24, 2.45) is 0 Å². The highest BCUT2D eigenvalue weighted by atomic mass is 35.5. The first kappa shape index (κ1) is 15.2. The Bertz CT molecular complexity index is 817. The van der Waals surface area contributed by atoms with Gasteiger partial charge in [-0.05, 0) is 30.7 Å². The van der Waals surface area contributed by atoms with E-state index in [1.807, 2.05) is 37.3 Å². The number of halogens is 1. The molecule has 0 saturated heterocycles. The topological polar surface area (TPSA) is 68.0 Å². The molecule has 2 aromatic heterocycles. The van der Waals surface area contributed by atoms with Gasteiger partial charge in [0, 0.05) is 24.0 Å². The van der Waals surface area contributed by atoms with Crippen LogP contribution in [0.5, 0.6) is 0 Å². The van der Waals surface area contributed by atoms with Crippen molar-refractivity contribution in [1.82, 2.24) is 15.5 Å². The quantitative estimate of drug-likeness (QED) is 0.789. The Labute approximate surface area is 138 Å². The first-order valence-corrected chi connectivity index (χ1v) is 7.45. The van der Waals surface area contributed by atoms with E-state index in [0.29, 0.717) is 16.3 Å². The maximum absolute atomic E-state index is 12.3. The van der Waals surface area contributed by atoms with E-state index in [1.165, 1.54) is 0 Å². The Kier molecular flexibility index (Phi) is 4.39. The SMILES string of the molecule is C[C@@H](NC(=O)c1cc(-c2ccccc2Cl)on1)c1cccnc1. The van der Waals surface area contributed by atoms with Gasteiger partial charge in [0.05, 0.1) is 11.1 Å². The summed E-state index contributed by atoms with van der Waals surface area (Å²) in [6, 6.07) is 12.3. The van der Waals surface area contributed by atoms with E-state index in [4.69, 9.17) is 16.1 Å². The van der Waals surface area contributed by atoms with Gasteiger partial charge in [-0.2, -0.15) is 0 Å². The fraction of sp³-hybridized carbons (Fsp3) is 0.118. The highest BCUT2D eigenvalue weighted by molar-refractivity contribution is 6.33. The van der Waals surface area contributed by atoms with E-state index in [9.17, 15) is 4.79 Å². The van der Waals surface area contributed by atoms with Gasteiger partial charge in [0.25, 0.3) is 5.91 Å². The van der Waals surface area contributed by atoms with Crippen molar-refractivity contribution in [2.75, 3.05) is 0 Å². The molecule has 5 nitrogen and oxygen atoms in total. The first-order valence-electron chi connectivity index (χ1n) is 7.07. The summed E-state index contributed by atoms with van der Waals surface area (Å²) in [4.78, 5) is 16.3. The van der Waals surface area contributed by atoms with E-state index >= 15 is 0 Å². The highest BCUT2D eigenvalue weighted by Crippen LogP contribution is 2.28. The van der Waals surface area contributed by atoms with Crippen LogP contribution in [0.3, 0.4) is 0 Å². The molecule has 0 bridgehead atoms. The van der Waals surface area contributed by atoms with E-state index in [0.717, 1.165) is 5.56 Å². The third-order valence-electron chi connectivity index (χ3n) is 3.41. The molecule has 0 radical (unpaired) electrons. The lowest BCUT2D eigenvalue weighted by molar-refractivity contribution is 0.0931. The minimum absolute atomic E-state index is 0.184. The molecule has 0 saturated carbocycles. The van der Waals surface area contributed by atoms with Gasteiger partial charge < -0.3 is 9.84 Å². The molecule has 0 unspecified atom stereocenters. The molecule has 116 valence electrons. The predicted octanol–water partition coefficient (Wildman–Crippen LogP) is 3.88. The van der Waals surface area contributed by atoms with Crippen molar-refractivity contribution in [3.8, 4) is 11.3 Å². The number of carbonyl (C=O) groups excluding carboxylic acids is 1. The van der Waals surface area contributed by atoms with Crippen LogP contribution in [0.15, 0.2) is 59.4 Å². The van der Waals surface area contributed by atoms with Gasteiger partial charge in [0.1, 0.15) is 0 Å². The molecule has 0 aliphatic heterocycles. The fourth-order valence-electron chi connectivity index (χ4n) is 2.16. The van der Waals surface area contributed by atoms with Crippen LogP contribution >= 0.6 is 11.6 Å². The predicted molar refractivity (Wildman–Crippen MR) is 87.1 cm³/mol. The standard InChI is InChI=1S/C17H14ClN3O2/c1-11(12-5-4-8-19-10-12)20-17(22)15-9-16(23-21-15)13-6-2-3-7-14(13)18/h2-11H,1H3,(H,20,22)/t11-/m1/s1. The number of nitrogens with one attached hydrogen (secondary N) is 1. The van der Waals surface area contributed by atoms with E-state index in [1.54, 1.807) is 24.5 Å². The molecule has 2 heterocycles. The molecule has 0 aliphatic rings. The Morgan fingerprint density at radius 1 is 1.26 bits per heavy atom. The lowest BCUT2D eigenvalue weighted by atomic mass is 10.1. The van der Waals surface area contributed by atoms with Crippen LogP contribution in [-0.4, -0.2) is 16.0 Å². The third kappa shape index (κ3) is 3.40. The maximum atomic E-state index is 12.3. The van der Waals surface area contributed by atoms with Gasteiger partial charge in [-0.3, -0.25) is 9.78 Å². The Morgan fingerprint density at radius 3 is 2.83 bits per heavy atom. The van der Waals surface area contributed by atoms with E-state index < -0.39 is 0 Å². The summed E-state index contributed by atoms with van der Waals surface area (Å²) in [5.74, 6) is 0.137. The number of aromatic nitrogens is 2. The van der Waals surface area contributed by atoms with Crippen molar-refractivity contribution in [2.45, 2.75) is 13.0 Å². The van der Waals surface area contributed by atoms with Gasteiger partial charge in [-0.1, -0.05) is 35.0 Å². The molecule has 0 fully saturated rings. The lowest BCUT2D eigenvalue weighted by Gasteiger charge is -2.12. The molecule has 1 aromatic carbocycles. The van der Waals surface area contributed by atoms with Gasteiger partial charge in [0.15, 0.2) is 11.5 Å². The molecular weight excluding hydrogens is 314 g/mol. The third-order valence-corrected chi connectivity index (χ3v) is 3.74. The van der Waals surface area contributed by atoms with Crippen molar-refractivity contribution in [3.05, 3.63) is 71.1 Å². The minimum atomic E-state index is -0.316. The summed E-state index contributed by atoms with van der Waals surface area (Å²) in [6.07, 6.45) is 3.40. The number of carbonyl (C=O) groups is 1. The summed E-state index contributed by atoms with van der Waals surface area (Å²) >= 11 is 6.12. The Hall–Kier alpha value is -2.66. The monoisotopic (exact) mass is 327 g/mol. The average Bonchev–Trinajstić information content (AvgIpc) is 3.06. The van der Waals surface area contributed by atoms with Gasteiger partial charge in [-0.15, -0.1) is 0 Å². The number of rotatable bonds is 4. The second-order valence-electron chi connectivity index (χ2n) is 5.04. The van der Waals surface area contributed by atoms with Crippen LogP contribution in [-0.2, 0) is 0 Å². The number of hydrogen-bond donors (Lipinski definition) is 1. The molecule has 3 rings (SSSR count). The molecule has 6 heteroatoms. The smallest absolute Gasteiger partial charge is 0.273 e.